The Bertz CT molecular complexity index is 319. The lowest BCUT2D eigenvalue weighted by Gasteiger charge is -2.12. The van der Waals surface area contributed by atoms with Crippen LogP contribution in [0.25, 0.3) is 0 Å². The van der Waals surface area contributed by atoms with Crippen molar-refractivity contribution in [2.75, 3.05) is 6.61 Å². The van der Waals surface area contributed by atoms with Gasteiger partial charge in [-0.05, 0) is 32.4 Å². The van der Waals surface area contributed by atoms with Crippen molar-refractivity contribution in [1.82, 2.24) is 5.32 Å². The Kier molecular flexibility index (Phi) is 4.31. The fraction of sp³-hybridized carbons (Fsp3) is 0.417. The summed E-state index contributed by atoms with van der Waals surface area (Å²) >= 11 is 0. The predicted octanol–water partition coefficient (Wildman–Crippen LogP) is 1.50. The summed E-state index contributed by atoms with van der Waals surface area (Å²) in [6.07, 6.45) is 0.581. The summed E-state index contributed by atoms with van der Waals surface area (Å²) in [5.41, 5.74) is 1.79. The summed E-state index contributed by atoms with van der Waals surface area (Å²) in [6, 6.07) is 7.42. The molecule has 0 radical (unpaired) electrons. The minimum atomic E-state index is -0.0871. The molecule has 0 aliphatic heterocycles. The Morgan fingerprint density at radius 1 is 1.40 bits per heavy atom. The number of carbonyl (C=O) groups is 1. The van der Waals surface area contributed by atoms with Crippen LogP contribution in [-0.2, 0) is 0 Å². The van der Waals surface area contributed by atoms with Crippen molar-refractivity contribution in [3.63, 3.8) is 0 Å². The summed E-state index contributed by atoms with van der Waals surface area (Å²) in [5, 5.41) is 11.5. The molecular weight excluding hydrogens is 190 g/mol. The second kappa shape index (κ2) is 5.51. The average Bonchev–Trinajstić information content (AvgIpc) is 2.18. The number of aliphatic hydroxyl groups excluding tert-OH is 1. The third-order valence-electron chi connectivity index (χ3n) is 2.25. The van der Waals surface area contributed by atoms with Crippen LogP contribution in [-0.4, -0.2) is 23.7 Å². The minimum Gasteiger partial charge on any atom is -0.396 e. The Labute approximate surface area is 90.1 Å². The number of aliphatic hydroxyl groups is 1. The molecular formula is C12H17NO2. The van der Waals surface area contributed by atoms with Gasteiger partial charge in [0.05, 0.1) is 0 Å². The van der Waals surface area contributed by atoms with Crippen molar-refractivity contribution in [3.05, 3.63) is 35.4 Å². The van der Waals surface area contributed by atoms with Gasteiger partial charge in [0.2, 0.25) is 0 Å². The standard InChI is InChI=1S/C12H17NO2/c1-9-3-5-11(6-4-9)12(15)13-10(2)7-8-14/h3-6,10,14H,7-8H2,1-2H3,(H,13,15). The second-order valence-corrected chi connectivity index (χ2v) is 3.75. The van der Waals surface area contributed by atoms with Gasteiger partial charge >= 0.3 is 0 Å². The van der Waals surface area contributed by atoms with Crippen LogP contribution >= 0.6 is 0 Å². The molecule has 3 nitrogen and oxygen atoms in total. The quantitative estimate of drug-likeness (QED) is 0.786. The summed E-state index contributed by atoms with van der Waals surface area (Å²) in [4.78, 5) is 11.6. The number of amides is 1. The third kappa shape index (κ3) is 3.72. The van der Waals surface area contributed by atoms with Crippen molar-refractivity contribution in [2.45, 2.75) is 26.3 Å². The van der Waals surface area contributed by atoms with Gasteiger partial charge in [-0.25, -0.2) is 0 Å². The van der Waals surface area contributed by atoms with Crippen LogP contribution in [0.2, 0.25) is 0 Å². The Morgan fingerprint density at radius 2 is 2.00 bits per heavy atom. The van der Waals surface area contributed by atoms with Crippen LogP contribution in [0.4, 0.5) is 0 Å². The van der Waals surface area contributed by atoms with Crippen molar-refractivity contribution in [2.24, 2.45) is 0 Å². The molecule has 0 bridgehead atoms. The second-order valence-electron chi connectivity index (χ2n) is 3.75. The van der Waals surface area contributed by atoms with Crippen LogP contribution in [0.15, 0.2) is 24.3 Å². The molecule has 0 saturated carbocycles. The van der Waals surface area contributed by atoms with E-state index in [2.05, 4.69) is 5.32 Å². The normalized spacial score (nSPS) is 12.2. The van der Waals surface area contributed by atoms with Gasteiger partial charge in [0.1, 0.15) is 0 Å². The summed E-state index contributed by atoms with van der Waals surface area (Å²) in [7, 11) is 0. The van der Waals surface area contributed by atoms with E-state index < -0.39 is 0 Å². The van der Waals surface area contributed by atoms with E-state index in [-0.39, 0.29) is 18.6 Å². The van der Waals surface area contributed by atoms with Crippen LogP contribution in [0, 0.1) is 6.92 Å². The lowest BCUT2D eigenvalue weighted by Crippen LogP contribution is -2.33. The molecule has 1 aromatic rings. The third-order valence-corrected chi connectivity index (χ3v) is 2.25. The van der Waals surface area contributed by atoms with Gasteiger partial charge in [-0.15, -0.1) is 0 Å². The summed E-state index contributed by atoms with van der Waals surface area (Å²) in [6.45, 7) is 3.95. The van der Waals surface area contributed by atoms with Crippen molar-refractivity contribution in [1.29, 1.82) is 0 Å². The Hall–Kier alpha value is -1.35. The zero-order valence-electron chi connectivity index (χ0n) is 9.16. The predicted molar refractivity (Wildman–Crippen MR) is 59.8 cm³/mol. The van der Waals surface area contributed by atoms with Crippen molar-refractivity contribution in [3.8, 4) is 0 Å². The molecule has 0 aliphatic rings. The molecule has 0 aliphatic carbocycles. The zero-order valence-corrected chi connectivity index (χ0v) is 9.16. The van der Waals surface area contributed by atoms with Gasteiger partial charge in [0, 0.05) is 18.2 Å². The maximum atomic E-state index is 11.6. The highest BCUT2D eigenvalue weighted by molar-refractivity contribution is 5.94. The maximum Gasteiger partial charge on any atom is 0.251 e. The first-order valence-corrected chi connectivity index (χ1v) is 5.12. The number of hydrogen-bond donors (Lipinski definition) is 2. The van der Waals surface area contributed by atoms with Gasteiger partial charge in [0.25, 0.3) is 5.91 Å². The molecule has 1 rings (SSSR count). The summed E-state index contributed by atoms with van der Waals surface area (Å²) in [5.74, 6) is -0.0871. The lowest BCUT2D eigenvalue weighted by molar-refractivity contribution is 0.0934. The first-order chi connectivity index (χ1) is 7.13. The number of rotatable bonds is 4. The lowest BCUT2D eigenvalue weighted by atomic mass is 10.1. The molecule has 0 spiro atoms. The number of aryl methyl sites for hydroxylation is 1. The number of carbonyl (C=O) groups excluding carboxylic acids is 1. The fourth-order valence-corrected chi connectivity index (χ4v) is 1.28. The van der Waals surface area contributed by atoms with E-state index in [0.717, 1.165) is 5.56 Å². The first kappa shape index (κ1) is 11.7. The van der Waals surface area contributed by atoms with Crippen LogP contribution in [0.1, 0.15) is 29.3 Å². The fourth-order valence-electron chi connectivity index (χ4n) is 1.28. The maximum absolute atomic E-state index is 11.6. The molecule has 2 N–H and O–H groups in total. The number of hydrogen-bond acceptors (Lipinski definition) is 2. The number of benzene rings is 1. The Balaban J connectivity index is 2.57. The molecule has 0 aromatic heterocycles. The smallest absolute Gasteiger partial charge is 0.251 e. The molecule has 15 heavy (non-hydrogen) atoms. The topological polar surface area (TPSA) is 49.3 Å². The zero-order chi connectivity index (χ0) is 11.3. The van der Waals surface area contributed by atoms with E-state index in [1.165, 1.54) is 0 Å². The highest BCUT2D eigenvalue weighted by Crippen LogP contribution is 2.03. The van der Waals surface area contributed by atoms with E-state index in [1.54, 1.807) is 12.1 Å². The highest BCUT2D eigenvalue weighted by Gasteiger charge is 2.08. The first-order valence-electron chi connectivity index (χ1n) is 5.12. The van der Waals surface area contributed by atoms with E-state index in [0.29, 0.717) is 12.0 Å². The van der Waals surface area contributed by atoms with Gasteiger partial charge in [0.15, 0.2) is 0 Å². The SMILES string of the molecule is Cc1ccc(C(=O)NC(C)CCO)cc1. The molecule has 0 heterocycles. The molecule has 1 unspecified atom stereocenters. The number of nitrogens with one attached hydrogen (secondary N) is 1. The van der Waals surface area contributed by atoms with Gasteiger partial charge in [-0.2, -0.15) is 0 Å². The molecule has 1 atom stereocenters. The van der Waals surface area contributed by atoms with Crippen LogP contribution in [0.5, 0.6) is 0 Å². The Morgan fingerprint density at radius 3 is 2.53 bits per heavy atom. The monoisotopic (exact) mass is 207 g/mol. The van der Waals surface area contributed by atoms with E-state index in [1.807, 2.05) is 26.0 Å². The van der Waals surface area contributed by atoms with E-state index >= 15 is 0 Å². The minimum absolute atomic E-state index is 0.00352. The van der Waals surface area contributed by atoms with E-state index in [9.17, 15) is 4.79 Å². The van der Waals surface area contributed by atoms with Crippen molar-refractivity contribution >= 4 is 5.91 Å². The largest absolute Gasteiger partial charge is 0.396 e. The van der Waals surface area contributed by atoms with Crippen LogP contribution < -0.4 is 5.32 Å². The summed E-state index contributed by atoms with van der Waals surface area (Å²) < 4.78 is 0. The van der Waals surface area contributed by atoms with Crippen molar-refractivity contribution < 1.29 is 9.90 Å². The average molecular weight is 207 g/mol. The molecule has 1 amide bonds. The molecule has 0 fully saturated rings. The van der Waals surface area contributed by atoms with Gasteiger partial charge in [-0.3, -0.25) is 4.79 Å². The van der Waals surface area contributed by atoms with Gasteiger partial charge < -0.3 is 10.4 Å². The van der Waals surface area contributed by atoms with E-state index in [4.69, 9.17) is 5.11 Å². The molecule has 3 heteroatoms. The highest BCUT2D eigenvalue weighted by atomic mass is 16.3. The van der Waals surface area contributed by atoms with Crippen LogP contribution in [0.3, 0.4) is 0 Å². The molecule has 82 valence electrons. The molecule has 1 aromatic carbocycles. The van der Waals surface area contributed by atoms with Gasteiger partial charge in [-0.1, -0.05) is 17.7 Å². The molecule has 0 saturated heterocycles.